The third-order valence-electron chi connectivity index (χ3n) is 4.39. The number of amides is 1. The first-order valence-corrected chi connectivity index (χ1v) is 9.18. The second kappa shape index (κ2) is 10.0. The standard InChI is InChI=1S/C23H22N2O3/c26-22(17-28-23(27)20-12-7-14-24-16-20)25-15-13-21(18-8-3-1-4-9-18)19-10-5-2-6-11-19/h1-12,14,16,21H,13,15,17H2,(H,25,26). The van der Waals surface area contributed by atoms with Crippen molar-refractivity contribution in [3.05, 3.63) is 102 Å². The molecule has 1 aromatic heterocycles. The highest BCUT2D eigenvalue weighted by Gasteiger charge is 2.15. The van der Waals surface area contributed by atoms with Crippen molar-refractivity contribution in [2.45, 2.75) is 12.3 Å². The molecular weight excluding hydrogens is 352 g/mol. The lowest BCUT2D eigenvalue weighted by Gasteiger charge is -2.18. The molecule has 0 aliphatic heterocycles. The lowest BCUT2D eigenvalue weighted by Crippen LogP contribution is -2.30. The molecule has 3 aromatic rings. The van der Waals surface area contributed by atoms with E-state index in [1.165, 1.54) is 17.3 Å². The Morgan fingerprint density at radius 3 is 2.11 bits per heavy atom. The Kier molecular flexibility index (Phi) is 6.90. The molecule has 5 nitrogen and oxygen atoms in total. The maximum Gasteiger partial charge on any atom is 0.340 e. The largest absolute Gasteiger partial charge is 0.452 e. The van der Waals surface area contributed by atoms with Gasteiger partial charge in [-0.3, -0.25) is 9.78 Å². The van der Waals surface area contributed by atoms with Crippen LogP contribution in [0.3, 0.4) is 0 Å². The number of carbonyl (C=O) groups excluding carboxylic acids is 2. The summed E-state index contributed by atoms with van der Waals surface area (Å²) in [6.07, 6.45) is 3.72. The summed E-state index contributed by atoms with van der Waals surface area (Å²) in [7, 11) is 0. The highest BCUT2D eigenvalue weighted by molar-refractivity contribution is 5.90. The van der Waals surface area contributed by atoms with E-state index in [9.17, 15) is 9.59 Å². The Morgan fingerprint density at radius 2 is 1.54 bits per heavy atom. The number of pyridine rings is 1. The normalized spacial score (nSPS) is 10.5. The van der Waals surface area contributed by atoms with Crippen LogP contribution >= 0.6 is 0 Å². The zero-order valence-corrected chi connectivity index (χ0v) is 15.5. The maximum atomic E-state index is 12.0. The highest BCUT2D eigenvalue weighted by atomic mass is 16.5. The van der Waals surface area contributed by atoms with E-state index in [0.29, 0.717) is 12.1 Å². The fourth-order valence-electron chi connectivity index (χ4n) is 3.00. The van der Waals surface area contributed by atoms with Crippen molar-refractivity contribution in [2.24, 2.45) is 0 Å². The second-order valence-electron chi connectivity index (χ2n) is 6.33. The van der Waals surface area contributed by atoms with Crippen LogP contribution < -0.4 is 5.32 Å². The molecule has 0 saturated carbocycles. The summed E-state index contributed by atoms with van der Waals surface area (Å²) < 4.78 is 5.03. The first-order chi connectivity index (χ1) is 13.7. The molecule has 2 aromatic carbocycles. The topological polar surface area (TPSA) is 68.3 Å². The lowest BCUT2D eigenvalue weighted by atomic mass is 9.88. The number of ether oxygens (including phenoxy) is 1. The molecule has 0 aliphatic rings. The Bertz CT molecular complexity index is 844. The molecule has 28 heavy (non-hydrogen) atoms. The predicted octanol–water partition coefficient (Wildman–Crippen LogP) is 3.58. The van der Waals surface area contributed by atoms with Crippen molar-refractivity contribution >= 4 is 11.9 Å². The summed E-state index contributed by atoms with van der Waals surface area (Å²) in [6.45, 7) is 0.173. The zero-order chi connectivity index (χ0) is 19.6. The molecule has 0 saturated heterocycles. The van der Waals surface area contributed by atoms with Gasteiger partial charge in [-0.15, -0.1) is 0 Å². The summed E-state index contributed by atoms with van der Waals surface area (Å²) in [5.74, 6) is -0.701. The third kappa shape index (κ3) is 5.51. The van der Waals surface area contributed by atoms with Gasteiger partial charge in [-0.1, -0.05) is 60.7 Å². The number of hydrogen-bond donors (Lipinski definition) is 1. The van der Waals surface area contributed by atoms with Crippen LogP contribution in [0.1, 0.15) is 33.8 Å². The second-order valence-corrected chi connectivity index (χ2v) is 6.33. The van der Waals surface area contributed by atoms with Gasteiger partial charge >= 0.3 is 5.97 Å². The van der Waals surface area contributed by atoms with Crippen LogP contribution in [0.2, 0.25) is 0 Å². The maximum absolute atomic E-state index is 12.0. The van der Waals surface area contributed by atoms with Crippen LogP contribution in [-0.4, -0.2) is 30.0 Å². The fourth-order valence-corrected chi connectivity index (χ4v) is 3.00. The molecule has 0 radical (unpaired) electrons. The third-order valence-corrected chi connectivity index (χ3v) is 4.39. The molecule has 142 valence electrons. The first-order valence-electron chi connectivity index (χ1n) is 9.18. The van der Waals surface area contributed by atoms with E-state index in [1.54, 1.807) is 18.3 Å². The Labute approximate surface area is 164 Å². The number of esters is 1. The average molecular weight is 374 g/mol. The Balaban J connectivity index is 1.51. The van der Waals surface area contributed by atoms with Gasteiger partial charge in [0, 0.05) is 24.9 Å². The summed E-state index contributed by atoms with van der Waals surface area (Å²) >= 11 is 0. The Morgan fingerprint density at radius 1 is 0.893 bits per heavy atom. The van der Waals surface area contributed by atoms with Gasteiger partial charge in [0.1, 0.15) is 0 Å². The summed E-state index contributed by atoms with van der Waals surface area (Å²) in [4.78, 5) is 27.7. The molecule has 1 heterocycles. The predicted molar refractivity (Wildman–Crippen MR) is 107 cm³/mol. The van der Waals surface area contributed by atoms with Crippen molar-refractivity contribution in [1.82, 2.24) is 10.3 Å². The van der Waals surface area contributed by atoms with Crippen LogP contribution in [0, 0.1) is 0 Å². The monoisotopic (exact) mass is 374 g/mol. The number of aromatic nitrogens is 1. The summed E-state index contributed by atoms with van der Waals surface area (Å²) in [5.41, 5.74) is 2.72. The number of hydrogen-bond acceptors (Lipinski definition) is 4. The minimum Gasteiger partial charge on any atom is -0.452 e. The van der Waals surface area contributed by atoms with E-state index in [0.717, 1.165) is 6.42 Å². The van der Waals surface area contributed by atoms with Crippen molar-refractivity contribution in [2.75, 3.05) is 13.2 Å². The number of rotatable bonds is 8. The van der Waals surface area contributed by atoms with Gasteiger partial charge in [-0.05, 0) is 29.7 Å². The number of nitrogens with zero attached hydrogens (tertiary/aromatic N) is 1. The van der Waals surface area contributed by atoms with Crippen LogP contribution in [0.25, 0.3) is 0 Å². The smallest absolute Gasteiger partial charge is 0.340 e. The minimum atomic E-state index is -0.560. The van der Waals surface area contributed by atoms with Crippen molar-refractivity contribution in [3.8, 4) is 0 Å². The van der Waals surface area contributed by atoms with Crippen LogP contribution in [0.15, 0.2) is 85.2 Å². The van der Waals surface area contributed by atoms with E-state index in [4.69, 9.17) is 4.74 Å². The van der Waals surface area contributed by atoms with Crippen molar-refractivity contribution in [1.29, 1.82) is 0 Å². The quantitative estimate of drug-likeness (QED) is 0.612. The molecule has 0 spiro atoms. The van der Waals surface area contributed by atoms with E-state index in [1.807, 2.05) is 36.4 Å². The van der Waals surface area contributed by atoms with Crippen LogP contribution in [0.5, 0.6) is 0 Å². The molecule has 0 bridgehead atoms. The number of nitrogens with one attached hydrogen (secondary N) is 1. The Hall–Kier alpha value is -3.47. The first kappa shape index (κ1) is 19.3. The molecule has 3 rings (SSSR count). The number of benzene rings is 2. The van der Waals surface area contributed by atoms with E-state index in [2.05, 4.69) is 34.6 Å². The molecule has 5 heteroatoms. The van der Waals surface area contributed by atoms with Gasteiger partial charge in [0.2, 0.25) is 0 Å². The molecule has 0 unspecified atom stereocenters. The lowest BCUT2D eigenvalue weighted by molar-refractivity contribution is -0.124. The van der Waals surface area contributed by atoms with Crippen LogP contribution in [0.4, 0.5) is 0 Å². The molecule has 0 aliphatic carbocycles. The van der Waals surface area contributed by atoms with Crippen molar-refractivity contribution in [3.63, 3.8) is 0 Å². The van der Waals surface area contributed by atoms with Gasteiger partial charge < -0.3 is 10.1 Å². The molecular formula is C23H22N2O3. The van der Waals surface area contributed by atoms with E-state index < -0.39 is 5.97 Å². The molecule has 1 amide bonds. The zero-order valence-electron chi connectivity index (χ0n) is 15.5. The minimum absolute atomic E-state index is 0.181. The fraction of sp³-hybridized carbons (Fsp3) is 0.174. The van der Waals surface area contributed by atoms with Gasteiger partial charge in [-0.2, -0.15) is 0 Å². The molecule has 0 fully saturated rings. The van der Waals surface area contributed by atoms with Gasteiger partial charge in [-0.25, -0.2) is 4.79 Å². The van der Waals surface area contributed by atoms with Gasteiger partial charge in [0.25, 0.3) is 5.91 Å². The van der Waals surface area contributed by atoms with Gasteiger partial charge in [0.05, 0.1) is 5.56 Å². The van der Waals surface area contributed by atoms with Crippen LogP contribution in [-0.2, 0) is 9.53 Å². The van der Waals surface area contributed by atoms with E-state index >= 15 is 0 Å². The highest BCUT2D eigenvalue weighted by Crippen LogP contribution is 2.27. The average Bonchev–Trinajstić information content (AvgIpc) is 2.77. The number of carbonyl (C=O) groups is 2. The van der Waals surface area contributed by atoms with Gasteiger partial charge in [0.15, 0.2) is 6.61 Å². The van der Waals surface area contributed by atoms with E-state index in [-0.39, 0.29) is 18.4 Å². The SMILES string of the molecule is O=C(COC(=O)c1cccnc1)NCCC(c1ccccc1)c1ccccc1. The summed E-state index contributed by atoms with van der Waals surface area (Å²) in [6, 6.07) is 23.6. The summed E-state index contributed by atoms with van der Waals surface area (Å²) in [5, 5.41) is 2.83. The van der Waals surface area contributed by atoms with Crippen molar-refractivity contribution < 1.29 is 14.3 Å². The molecule has 0 atom stereocenters. The molecule has 1 N–H and O–H groups in total.